The summed E-state index contributed by atoms with van der Waals surface area (Å²) < 4.78 is 30.9. The maximum absolute atomic E-state index is 14.1. The Morgan fingerprint density at radius 2 is 0.586 bits per heavy atom. The lowest BCUT2D eigenvalue weighted by atomic mass is 10.3. The lowest BCUT2D eigenvalue weighted by Crippen LogP contribution is -2.39. The molecule has 0 heterocycles. The third-order valence-electron chi connectivity index (χ3n) is 4.42. The van der Waals surface area contributed by atoms with Crippen molar-refractivity contribution in [2.24, 2.45) is 0 Å². The predicted octanol–water partition coefficient (Wildman–Crippen LogP) is 5.91. The van der Waals surface area contributed by atoms with E-state index in [0.29, 0.717) is 22.7 Å². The summed E-state index contributed by atoms with van der Waals surface area (Å²) >= 11 is 0. The lowest BCUT2D eigenvalue weighted by Gasteiger charge is -2.32. The minimum absolute atomic E-state index is 0.565. The van der Waals surface area contributed by atoms with Gasteiger partial charge in [-0.05, 0) is 48.5 Å². The molecule has 0 unspecified atom stereocenters. The SMILES string of the molecule is O=S(=O)(N(c1ccccc1)c1ccccc1)N(c1ccccc1)c1ccccc1. The molecule has 144 valence electrons. The summed E-state index contributed by atoms with van der Waals surface area (Å²) in [5.74, 6) is 0. The molecule has 29 heavy (non-hydrogen) atoms. The zero-order valence-corrected chi connectivity index (χ0v) is 16.5. The highest BCUT2D eigenvalue weighted by molar-refractivity contribution is 7.94. The molecule has 4 aromatic rings. The average molecular weight is 401 g/mol. The first kappa shape index (κ1) is 18.8. The molecule has 4 aromatic carbocycles. The fourth-order valence-electron chi connectivity index (χ4n) is 3.17. The summed E-state index contributed by atoms with van der Waals surface area (Å²) in [6.07, 6.45) is 0. The van der Waals surface area contributed by atoms with E-state index in [9.17, 15) is 8.42 Å². The van der Waals surface area contributed by atoms with Gasteiger partial charge in [-0.3, -0.25) is 0 Å². The highest BCUT2D eigenvalue weighted by Gasteiger charge is 2.32. The van der Waals surface area contributed by atoms with E-state index >= 15 is 0 Å². The Morgan fingerprint density at radius 3 is 0.793 bits per heavy atom. The summed E-state index contributed by atoms with van der Waals surface area (Å²) in [4.78, 5) is 0. The maximum atomic E-state index is 14.1. The number of nitrogens with zero attached hydrogens (tertiary/aromatic N) is 2. The molecular weight excluding hydrogens is 380 g/mol. The molecule has 0 aliphatic heterocycles. The van der Waals surface area contributed by atoms with Crippen molar-refractivity contribution in [1.82, 2.24) is 0 Å². The van der Waals surface area contributed by atoms with E-state index in [2.05, 4.69) is 0 Å². The first-order chi connectivity index (χ1) is 14.2. The molecule has 0 N–H and O–H groups in total. The van der Waals surface area contributed by atoms with Gasteiger partial charge in [0.05, 0.1) is 22.7 Å². The molecule has 0 saturated carbocycles. The molecule has 0 aliphatic carbocycles. The van der Waals surface area contributed by atoms with Gasteiger partial charge >= 0.3 is 10.2 Å². The lowest BCUT2D eigenvalue weighted by molar-refractivity contribution is 0.596. The molecule has 0 saturated heterocycles. The molecule has 0 amide bonds. The fourth-order valence-corrected chi connectivity index (χ4v) is 4.88. The van der Waals surface area contributed by atoms with Gasteiger partial charge in [-0.25, -0.2) is 8.61 Å². The van der Waals surface area contributed by atoms with Gasteiger partial charge in [-0.15, -0.1) is 0 Å². The minimum atomic E-state index is -4.01. The standard InChI is InChI=1S/C24H20N2O2S/c27-29(28,25(21-13-5-1-6-14-21)22-15-7-2-8-16-22)26(23-17-9-3-10-18-23)24-19-11-4-12-20-24/h1-20H. The third-order valence-corrected chi connectivity index (χ3v) is 6.19. The van der Waals surface area contributed by atoms with Crippen LogP contribution < -0.4 is 8.61 Å². The number of rotatable bonds is 6. The second kappa shape index (κ2) is 8.20. The summed E-state index contributed by atoms with van der Waals surface area (Å²) in [6.45, 7) is 0. The van der Waals surface area contributed by atoms with Crippen LogP contribution >= 0.6 is 0 Å². The third kappa shape index (κ3) is 3.86. The van der Waals surface area contributed by atoms with E-state index in [0.717, 1.165) is 0 Å². The fraction of sp³-hybridized carbons (Fsp3) is 0. The van der Waals surface area contributed by atoms with Crippen LogP contribution in [-0.4, -0.2) is 8.42 Å². The van der Waals surface area contributed by atoms with Crippen LogP contribution in [0.2, 0.25) is 0 Å². The molecule has 0 bridgehead atoms. The number of anilines is 4. The molecule has 0 spiro atoms. The Kier molecular flexibility index (Phi) is 5.31. The van der Waals surface area contributed by atoms with Crippen molar-refractivity contribution in [2.75, 3.05) is 8.61 Å². The average Bonchev–Trinajstić information content (AvgIpc) is 2.77. The maximum Gasteiger partial charge on any atom is 0.335 e. The van der Waals surface area contributed by atoms with Crippen molar-refractivity contribution in [1.29, 1.82) is 0 Å². The molecule has 0 aliphatic rings. The van der Waals surface area contributed by atoms with E-state index < -0.39 is 10.2 Å². The Balaban J connectivity index is 1.94. The van der Waals surface area contributed by atoms with Crippen LogP contribution in [0.3, 0.4) is 0 Å². The van der Waals surface area contributed by atoms with Crippen LogP contribution in [0.5, 0.6) is 0 Å². The second-order valence-electron chi connectivity index (χ2n) is 6.38. The zero-order chi connectivity index (χ0) is 20.1. The van der Waals surface area contributed by atoms with Crippen LogP contribution in [0, 0.1) is 0 Å². The highest BCUT2D eigenvalue weighted by atomic mass is 32.2. The Bertz CT molecular complexity index is 983. The van der Waals surface area contributed by atoms with Crippen molar-refractivity contribution in [3.05, 3.63) is 121 Å². The van der Waals surface area contributed by atoms with Crippen LogP contribution in [0.1, 0.15) is 0 Å². The molecular formula is C24H20N2O2S. The van der Waals surface area contributed by atoms with Crippen molar-refractivity contribution in [3.8, 4) is 0 Å². The number of hydrogen-bond donors (Lipinski definition) is 0. The number of benzene rings is 4. The second-order valence-corrected chi connectivity index (χ2v) is 8.00. The molecule has 4 rings (SSSR count). The molecule has 4 nitrogen and oxygen atoms in total. The largest absolute Gasteiger partial charge is 0.335 e. The Morgan fingerprint density at radius 1 is 0.379 bits per heavy atom. The summed E-state index contributed by atoms with van der Waals surface area (Å²) in [5.41, 5.74) is 2.26. The van der Waals surface area contributed by atoms with Crippen LogP contribution in [-0.2, 0) is 10.2 Å². The van der Waals surface area contributed by atoms with Gasteiger partial charge in [0.15, 0.2) is 0 Å². The van der Waals surface area contributed by atoms with Crippen molar-refractivity contribution < 1.29 is 8.42 Å². The van der Waals surface area contributed by atoms with Crippen LogP contribution in [0.4, 0.5) is 22.7 Å². The summed E-state index contributed by atoms with van der Waals surface area (Å²) in [5, 5.41) is 0. The van der Waals surface area contributed by atoms with E-state index in [-0.39, 0.29) is 0 Å². The van der Waals surface area contributed by atoms with Gasteiger partial charge in [-0.1, -0.05) is 72.8 Å². The first-order valence-electron chi connectivity index (χ1n) is 9.24. The van der Waals surface area contributed by atoms with Gasteiger partial charge in [0.25, 0.3) is 0 Å². The quantitative estimate of drug-likeness (QED) is 0.404. The number of para-hydroxylation sites is 4. The van der Waals surface area contributed by atoms with Crippen molar-refractivity contribution >= 4 is 33.0 Å². The first-order valence-corrected chi connectivity index (χ1v) is 10.6. The minimum Gasteiger partial charge on any atom is -0.221 e. The normalized spacial score (nSPS) is 11.0. The zero-order valence-electron chi connectivity index (χ0n) is 15.7. The van der Waals surface area contributed by atoms with Crippen molar-refractivity contribution in [3.63, 3.8) is 0 Å². The van der Waals surface area contributed by atoms with E-state index in [1.807, 2.05) is 72.8 Å². The molecule has 0 aromatic heterocycles. The monoisotopic (exact) mass is 400 g/mol. The van der Waals surface area contributed by atoms with Crippen LogP contribution in [0.15, 0.2) is 121 Å². The Hall–Kier alpha value is -3.57. The summed E-state index contributed by atoms with van der Waals surface area (Å²) in [7, 11) is -4.01. The summed E-state index contributed by atoms with van der Waals surface area (Å²) in [6, 6.07) is 36.4. The predicted molar refractivity (Wildman–Crippen MR) is 119 cm³/mol. The molecule has 0 radical (unpaired) electrons. The van der Waals surface area contributed by atoms with E-state index in [1.54, 1.807) is 48.5 Å². The number of hydrogen-bond acceptors (Lipinski definition) is 2. The van der Waals surface area contributed by atoms with Gasteiger partial charge in [0, 0.05) is 0 Å². The topological polar surface area (TPSA) is 40.6 Å². The highest BCUT2D eigenvalue weighted by Crippen LogP contribution is 2.36. The van der Waals surface area contributed by atoms with E-state index in [4.69, 9.17) is 0 Å². The van der Waals surface area contributed by atoms with Crippen LogP contribution in [0.25, 0.3) is 0 Å². The van der Waals surface area contributed by atoms with Crippen molar-refractivity contribution in [2.45, 2.75) is 0 Å². The van der Waals surface area contributed by atoms with Gasteiger partial charge in [0.2, 0.25) is 0 Å². The molecule has 0 fully saturated rings. The van der Waals surface area contributed by atoms with Gasteiger partial charge in [0.1, 0.15) is 0 Å². The van der Waals surface area contributed by atoms with Gasteiger partial charge in [-0.2, -0.15) is 8.42 Å². The Labute approximate surface area is 171 Å². The van der Waals surface area contributed by atoms with E-state index in [1.165, 1.54) is 8.61 Å². The molecule has 0 atom stereocenters. The smallest absolute Gasteiger partial charge is 0.221 e. The molecule has 5 heteroatoms. The van der Waals surface area contributed by atoms with Gasteiger partial charge < -0.3 is 0 Å².